The van der Waals surface area contributed by atoms with Gasteiger partial charge in [-0.15, -0.1) is 11.3 Å². The van der Waals surface area contributed by atoms with Crippen LogP contribution < -0.4 is 10.9 Å². The summed E-state index contributed by atoms with van der Waals surface area (Å²) in [5, 5.41) is 7.96. The van der Waals surface area contributed by atoms with Crippen LogP contribution in [-0.4, -0.2) is 19.7 Å². The van der Waals surface area contributed by atoms with Gasteiger partial charge in [-0.1, -0.05) is 29.8 Å². The minimum absolute atomic E-state index is 0.0359. The molecule has 0 saturated carbocycles. The molecule has 1 unspecified atom stereocenters. The van der Waals surface area contributed by atoms with Crippen LogP contribution in [0.25, 0.3) is 16.7 Å². The van der Waals surface area contributed by atoms with E-state index in [1.54, 1.807) is 4.68 Å². The number of hydrogen-bond acceptors (Lipinski definition) is 5. The van der Waals surface area contributed by atoms with Crippen LogP contribution in [0.2, 0.25) is 4.34 Å². The summed E-state index contributed by atoms with van der Waals surface area (Å²) >= 11 is 7.48. The number of nitrogens with one attached hydrogen (secondary N) is 2. The van der Waals surface area contributed by atoms with Crippen LogP contribution in [0.5, 0.6) is 0 Å². The third-order valence-electron chi connectivity index (χ3n) is 3.81. The largest absolute Gasteiger partial charge is 0.348 e. The number of halogens is 1. The summed E-state index contributed by atoms with van der Waals surface area (Å²) in [4.78, 5) is 20.7. The van der Waals surface area contributed by atoms with Crippen LogP contribution in [0.3, 0.4) is 0 Å². The van der Waals surface area contributed by atoms with Gasteiger partial charge in [0.2, 0.25) is 5.95 Å². The van der Waals surface area contributed by atoms with Crippen molar-refractivity contribution in [1.29, 1.82) is 0 Å². The third-order valence-corrected chi connectivity index (χ3v) is 5.23. The standard InChI is InChI=1S/C17H14ClN5OS/c1-10(13-7-8-14(18)25-13)20-17-21-15-12(16(24)22-17)9-19-23(15)11-5-3-2-4-6-11/h2-10H,1H3,(H2,20,21,22,24). The van der Waals surface area contributed by atoms with E-state index in [2.05, 4.69) is 20.4 Å². The number of para-hydroxylation sites is 1. The van der Waals surface area contributed by atoms with E-state index in [0.717, 1.165) is 14.9 Å². The second kappa shape index (κ2) is 6.34. The van der Waals surface area contributed by atoms with Gasteiger partial charge in [0.15, 0.2) is 5.65 Å². The quantitative estimate of drug-likeness (QED) is 0.568. The Hall–Kier alpha value is -2.64. The lowest BCUT2D eigenvalue weighted by molar-refractivity contribution is 0.867. The predicted octanol–water partition coefficient (Wildman–Crippen LogP) is 4.00. The Bertz CT molecular complexity index is 1090. The molecule has 6 nitrogen and oxygen atoms in total. The molecule has 2 N–H and O–H groups in total. The molecule has 25 heavy (non-hydrogen) atoms. The zero-order valence-corrected chi connectivity index (χ0v) is 14.8. The van der Waals surface area contributed by atoms with Gasteiger partial charge in [-0.3, -0.25) is 9.78 Å². The average Bonchev–Trinajstić information content (AvgIpc) is 3.22. The Morgan fingerprint density at radius 2 is 2.04 bits per heavy atom. The second-order valence-electron chi connectivity index (χ2n) is 5.55. The van der Waals surface area contributed by atoms with E-state index in [0.29, 0.717) is 17.0 Å². The maximum Gasteiger partial charge on any atom is 0.263 e. The summed E-state index contributed by atoms with van der Waals surface area (Å²) in [6.45, 7) is 1.99. The second-order valence-corrected chi connectivity index (χ2v) is 7.30. The Kier molecular flexibility index (Phi) is 4.03. The number of H-pyrrole nitrogens is 1. The molecule has 1 atom stereocenters. The molecule has 0 fully saturated rings. The summed E-state index contributed by atoms with van der Waals surface area (Å²) in [6, 6.07) is 13.4. The zero-order chi connectivity index (χ0) is 17.4. The minimum atomic E-state index is -0.230. The van der Waals surface area contributed by atoms with Crippen LogP contribution in [-0.2, 0) is 0 Å². The normalized spacial score (nSPS) is 12.4. The molecule has 1 aromatic carbocycles. The van der Waals surface area contributed by atoms with E-state index in [-0.39, 0.29) is 11.6 Å². The van der Waals surface area contributed by atoms with Gasteiger partial charge in [0, 0.05) is 4.88 Å². The first-order chi connectivity index (χ1) is 12.1. The molecule has 8 heteroatoms. The van der Waals surface area contributed by atoms with Crippen molar-refractivity contribution in [2.24, 2.45) is 0 Å². The summed E-state index contributed by atoms with van der Waals surface area (Å²) in [5.41, 5.74) is 1.12. The molecule has 0 spiro atoms. The Labute approximate surface area is 152 Å². The molecule has 0 radical (unpaired) electrons. The van der Waals surface area contributed by atoms with Crippen molar-refractivity contribution >= 4 is 39.9 Å². The molecule has 126 valence electrons. The van der Waals surface area contributed by atoms with Crippen molar-refractivity contribution in [1.82, 2.24) is 19.7 Å². The molecule has 3 heterocycles. The van der Waals surface area contributed by atoms with E-state index in [4.69, 9.17) is 11.6 Å². The monoisotopic (exact) mass is 371 g/mol. The van der Waals surface area contributed by atoms with Gasteiger partial charge in [-0.05, 0) is 31.2 Å². The van der Waals surface area contributed by atoms with Gasteiger partial charge < -0.3 is 5.32 Å². The number of aromatic nitrogens is 4. The summed E-state index contributed by atoms with van der Waals surface area (Å²) < 4.78 is 2.38. The van der Waals surface area contributed by atoms with E-state index in [9.17, 15) is 4.79 Å². The van der Waals surface area contributed by atoms with Crippen molar-refractivity contribution in [2.75, 3.05) is 5.32 Å². The molecule has 0 aliphatic heterocycles. The lowest BCUT2D eigenvalue weighted by Crippen LogP contribution is -2.15. The maximum atomic E-state index is 12.4. The molecular weight excluding hydrogens is 358 g/mol. The number of benzene rings is 1. The van der Waals surface area contributed by atoms with E-state index in [1.165, 1.54) is 17.5 Å². The summed E-state index contributed by atoms with van der Waals surface area (Å²) in [7, 11) is 0. The minimum Gasteiger partial charge on any atom is -0.348 e. The van der Waals surface area contributed by atoms with E-state index in [1.807, 2.05) is 49.4 Å². The highest BCUT2D eigenvalue weighted by molar-refractivity contribution is 7.16. The van der Waals surface area contributed by atoms with Crippen molar-refractivity contribution in [3.05, 3.63) is 68.2 Å². The molecule has 0 aliphatic rings. The van der Waals surface area contributed by atoms with Gasteiger partial charge in [-0.2, -0.15) is 10.1 Å². The van der Waals surface area contributed by atoms with E-state index < -0.39 is 0 Å². The number of aromatic amines is 1. The van der Waals surface area contributed by atoms with E-state index >= 15 is 0 Å². The Morgan fingerprint density at radius 3 is 2.76 bits per heavy atom. The van der Waals surface area contributed by atoms with Crippen LogP contribution >= 0.6 is 22.9 Å². The lowest BCUT2D eigenvalue weighted by Gasteiger charge is -2.12. The number of nitrogens with zero attached hydrogens (tertiary/aromatic N) is 3. The number of rotatable bonds is 4. The van der Waals surface area contributed by atoms with Gasteiger partial charge in [0.25, 0.3) is 5.56 Å². The van der Waals surface area contributed by atoms with Gasteiger partial charge >= 0.3 is 0 Å². The summed E-state index contributed by atoms with van der Waals surface area (Å²) in [5.74, 6) is 0.396. The maximum absolute atomic E-state index is 12.4. The number of fused-ring (bicyclic) bond motifs is 1. The molecule has 0 amide bonds. The van der Waals surface area contributed by atoms with Crippen LogP contribution in [0.15, 0.2) is 53.5 Å². The predicted molar refractivity (Wildman–Crippen MR) is 101 cm³/mol. The average molecular weight is 372 g/mol. The van der Waals surface area contributed by atoms with Crippen molar-refractivity contribution < 1.29 is 0 Å². The van der Waals surface area contributed by atoms with Crippen molar-refractivity contribution in [2.45, 2.75) is 13.0 Å². The number of anilines is 1. The smallest absolute Gasteiger partial charge is 0.263 e. The molecule has 4 aromatic rings. The summed E-state index contributed by atoms with van der Waals surface area (Å²) in [6.07, 6.45) is 1.53. The SMILES string of the molecule is CC(Nc1nc2c(cnn2-c2ccccc2)c(=O)[nH]1)c1ccc(Cl)s1. The number of hydrogen-bond donors (Lipinski definition) is 2. The van der Waals surface area contributed by atoms with Gasteiger partial charge in [0.05, 0.1) is 22.3 Å². The highest BCUT2D eigenvalue weighted by Gasteiger charge is 2.14. The van der Waals surface area contributed by atoms with Gasteiger partial charge in [0.1, 0.15) is 5.39 Å². The fourth-order valence-corrected chi connectivity index (χ4v) is 3.65. The molecular formula is C17H14ClN5OS. The van der Waals surface area contributed by atoms with Crippen molar-refractivity contribution in [3.63, 3.8) is 0 Å². The molecule has 0 saturated heterocycles. The first-order valence-electron chi connectivity index (χ1n) is 7.67. The molecule has 4 rings (SSSR count). The third kappa shape index (κ3) is 3.04. The fourth-order valence-electron chi connectivity index (χ4n) is 2.58. The number of thiophene rings is 1. The van der Waals surface area contributed by atoms with Crippen molar-refractivity contribution in [3.8, 4) is 5.69 Å². The zero-order valence-electron chi connectivity index (χ0n) is 13.2. The fraction of sp³-hybridized carbons (Fsp3) is 0.118. The van der Waals surface area contributed by atoms with Gasteiger partial charge in [-0.25, -0.2) is 4.68 Å². The molecule has 3 aromatic heterocycles. The van der Waals surface area contributed by atoms with Crippen LogP contribution in [0.4, 0.5) is 5.95 Å². The Morgan fingerprint density at radius 1 is 1.24 bits per heavy atom. The van der Waals surface area contributed by atoms with Crippen LogP contribution in [0.1, 0.15) is 17.8 Å². The first-order valence-corrected chi connectivity index (χ1v) is 8.86. The first kappa shape index (κ1) is 15.9. The topological polar surface area (TPSA) is 75.6 Å². The van der Waals surface area contributed by atoms with Crippen LogP contribution in [0, 0.1) is 0 Å². The highest BCUT2D eigenvalue weighted by Crippen LogP contribution is 2.28. The Balaban J connectivity index is 1.74. The molecule has 0 aliphatic carbocycles. The molecule has 0 bridgehead atoms. The lowest BCUT2D eigenvalue weighted by atomic mass is 10.3. The highest BCUT2D eigenvalue weighted by atomic mass is 35.5.